The third-order valence-corrected chi connectivity index (χ3v) is 5.72. The summed E-state index contributed by atoms with van der Waals surface area (Å²) in [6.45, 7) is 0. The third-order valence-electron chi connectivity index (χ3n) is 2.96. The van der Waals surface area contributed by atoms with Crippen LogP contribution in [0.4, 0.5) is 5.13 Å². The molecule has 0 fully saturated rings. The van der Waals surface area contributed by atoms with Crippen LogP contribution in [0.3, 0.4) is 0 Å². The fourth-order valence-electron chi connectivity index (χ4n) is 1.93. The smallest absolute Gasteiger partial charge is 0.238 e. The summed E-state index contributed by atoms with van der Waals surface area (Å²) in [4.78, 5) is 0. The van der Waals surface area contributed by atoms with Gasteiger partial charge in [-0.3, -0.25) is 4.72 Å². The summed E-state index contributed by atoms with van der Waals surface area (Å²) in [7, 11) is -3.53. The number of hydrogen-bond donors (Lipinski definition) is 1. The van der Waals surface area contributed by atoms with Gasteiger partial charge >= 0.3 is 0 Å². The molecule has 5 nitrogen and oxygen atoms in total. The van der Waals surface area contributed by atoms with E-state index in [-0.39, 0.29) is 10.9 Å². The molecule has 0 aliphatic rings. The minimum Gasteiger partial charge on any atom is -0.257 e. The highest BCUT2D eigenvalue weighted by Crippen LogP contribution is 2.26. The van der Waals surface area contributed by atoms with Crippen LogP contribution in [0.5, 0.6) is 0 Å². The molecule has 0 saturated carbocycles. The molecule has 0 amide bonds. The SMILES string of the molecule is O=S(=O)(Cc1ccc(Br)cc1)Nc1nnc(-c2ccccc2)s1. The molecule has 2 aromatic carbocycles. The lowest BCUT2D eigenvalue weighted by atomic mass is 10.2. The largest absolute Gasteiger partial charge is 0.257 e. The first kappa shape index (κ1) is 16.1. The van der Waals surface area contributed by atoms with Crippen LogP contribution < -0.4 is 4.72 Å². The first-order valence-corrected chi connectivity index (χ1v) is 9.92. The molecule has 0 unspecified atom stereocenters. The first-order valence-electron chi connectivity index (χ1n) is 6.66. The molecule has 3 aromatic rings. The Morgan fingerprint density at radius 2 is 1.70 bits per heavy atom. The van der Waals surface area contributed by atoms with E-state index in [1.165, 1.54) is 11.3 Å². The van der Waals surface area contributed by atoms with Crippen LogP contribution in [-0.2, 0) is 15.8 Å². The number of hydrogen-bond acceptors (Lipinski definition) is 5. The number of anilines is 1. The van der Waals surface area contributed by atoms with Crippen molar-refractivity contribution in [1.82, 2.24) is 10.2 Å². The number of benzene rings is 2. The van der Waals surface area contributed by atoms with E-state index in [9.17, 15) is 8.42 Å². The van der Waals surface area contributed by atoms with Gasteiger partial charge in [0.25, 0.3) is 0 Å². The van der Waals surface area contributed by atoms with Crippen molar-refractivity contribution in [2.75, 3.05) is 4.72 Å². The summed E-state index contributed by atoms with van der Waals surface area (Å²) in [5.74, 6) is -0.111. The Morgan fingerprint density at radius 1 is 1.00 bits per heavy atom. The van der Waals surface area contributed by atoms with Gasteiger partial charge in [0.15, 0.2) is 0 Å². The van der Waals surface area contributed by atoms with Crippen molar-refractivity contribution in [3.8, 4) is 10.6 Å². The summed E-state index contributed by atoms with van der Waals surface area (Å²) >= 11 is 4.53. The van der Waals surface area contributed by atoms with Crippen LogP contribution in [0, 0.1) is 0 Å². The minimum atomic E-state index is -3.53. The highest BCUT2D eigenvalue weighted by Gasteiger charge is 2.15. The molecule has 23 heavy (non-hydrogen) atoms. The maximum Gasteiger partial charge on any atom is 0.238 e. The van der Waals surface area contributed by atoms with E-state index in [0.29, 0.717) is 10.6 Å². The summed E-state index contributed by atoms with van der Waals surface area (Å²) in [6.07, 6.45) is 0. The van der Waals surface area contributed by atoms with E-state index in [4.69, 9.17) is 0 Å². The van der Waals surface area contributed by atoms with Crippen LogP contribution in [0.2, 0.25) is 0 Å². The van der Waals surface area contributed by atoms with Crippen LogP contribution in [-0.4, -0.2) is 18.6 Å². The predicted molar refractivity (Wildman–Crippen MR) is 95.7 cm³/mol. The zero-order valence-electron chi connectivity index (χ0n) is 11.8. The minimum absolute atomic E-state index is 0.111. The second-order valence-corrected chi connectivity index (χ2v) is 8.38. The molecule has 8 heteroatoms. The van der Waals surface area contributed by atoms with Gasteiger partial charge in [0.05, 0.1) is 5.75 Å². The van der Waals surface area contributed by atoms with Crippen LogP contribution in [0.15, 0.2) is 59.1 Å². The zero-order valence-corrected chi connectivity index (χ0v) is 15.0. The summed E-state index contributed by atoms with van der Waals surface area (Å²) in [5, 5.41) is 8.87. The van der Waals surface area contributed by atoms with Gasteiger partial charge in [0.2, 0.25) is 15.2 Å². The molecule has 0 radical (unpaired) electrons. The Bertz CT molecular complexity index is 894. The van der Waals surface area contributed by atoms with Crippen molar-refractivity contribution in [1.29, 1.82) is 0 Å². The normalized spacial score (nSPS) is 11.3. The molecule has 118 valence electrons. The molecule has 1 N–H and O–H groups in total. The van der Waals surface area contributed by atoms with E-state index < -0.39 is 10.0 Å². The van der Waals surface area contributed by atoms with E-state index >= 15 is 0 Å². The Hall–Kier alpha value is -1.77. The molecule has 3 rings (SSSR count). The Balaban J connectivity index is 1.73. The molecule has 1 aromatic heterocycles. The molecule has 1 heterocycles. The average Bonchev–Trinajstić information content (AvgIpc) is 2.98. The maximum atomic E-state index is 12.2. The standard InChI is InChI=1S/C15H12BrN3O2S2/c16-13-8-6-11(7-9-13)10-23(20,21)19-15-18-17-14(22-15)12-4-2-1-3-5-12/h1-9H,10H2,(H,18,19). The summed E-state index contributed by atoms with van der Waals surface area (Å²) < 4.78 is 27.8. The highest BCUT2D eigenvalue weighted by molar-refractivity contribution is 9.10. The van der Waals surface area contributed by atoms with Crippen LogP contribution >= 0.6 is 27.3 Å². The van der Waals surface area contributed by atoms with E-state index in [1.54, 1.807) is 12.1 Å². The van der Waals surface area contributed by atoms with Crippen LogP contribution in [0.1, 0.15) is 5.56 Å². The van der Waals surface area contributed by atoms with Crippen molar-refractivity contribution in [2.24, 2.45) is 0 Å². The van der Waals surface area contributed by atoms with Gasteiger partial charge < -0.3 is 0 Å². The lowest BCUT2D eigenvalue weighted by Gasteiger charge is -2.04. The molecular formula is C15H12BrN3O2S2. The number of nitrogens with one attached hydrogen (secondary N) is 1. The van der Waals surface area contributed by atoms with Gasteiger partial charge in [-0.05, 0) is 17.7 Å². The number of rotatable bonds is 5. The van der Waals surface area contributed by atoms with Gasteiger partial charge in [-0.2, -0.15) is 0 Å². The lowest BCUT2D eigenvalue weighted by Crippen LogP contribution is -2.14. The van der Waals surface area contributed by atoms with Crippen molar-refractivity contribution < 1.29 is 8.42 Å². The van der Waals surface area contributed by atoms with Crippen molar-refractivity contribution >= 4 is 42.4 Å². The molecule has 0 aliphatic carbocycles. The predicted octanol–water partition coefficient (Wildman–Crippen LogP) is 3.91. The molecule has 0 atom stereocenters. The maximum absolute atomic E-state index is 12.2. The van der Waals surface area contributed by atoms with E-state index in [0.717, 1.165) is 10.0 Å². The fourth-order valence-corrected chi connectivity index (χ4v) is 4.35. The molecule has 0 bridgehead atoms. The first-order chi connectivity index (χ1) is 11.0. The van der Waals surface area contributed by atoms with Crippen molar-refractivity contribution in [3.63, 3.8) is 0 Å². The number of halogens is 1. The third kappa shape index (κ3) is 4.37. The Morgan fingerprint density at radius 3 is 2.39 bits per heavy atom. The summed E-state index contributed by atoms with van der Waals surface area (Å²) in [6, 6.07) is 16.7. The lowest BCUT2D eigenvalue weighted by molar-refractivity contribution is 0.600. The fraction of sp³-hybridized carbons (Fsp3) is 0.0667. The number of sulfonamides is 1. The van der Waals surface area contributed by atoms with Crippen molar-refractivity contribution in [2.45, 2.75) is 5.75 Å². The Labute approximate surface area is 146 Å². The van der Waals surface area contributed by atoms with Gasteiger partial charge in [-0.25, -0.2) is 8.42 Å². The van der Waals surface area contributed by atoms with E-state index in [2.05, 4.69) is 30.8 Å². The molecule has 0 spiro atoms. The number of aromatic nitrogens is 2. The van der Waals surface area contributed by atoms with Gasteiger partial charge in [-0.15, -0.1) is 10.2 Å². The van der Waals surface area contributed by atoms with E-state index in [1.807, 2.05) is 42.5 Å². The molecule has 0 aliphatic heterocycles. The van der Waals surface area contributed by atoms with Crippen molar-refractivity contribution in [3.05, 3.63) is 64.6 Å². The highest BCUT2D eigenvalue weighted by atomic mass is 79.9. The summed E-state index contributed by atoms with van der Waals surface area (Å²) in [5.41, 5.74) is 1.61. The van der Waals surface area contributed by atoms with Gasteiger partial charge in [0, 0.05) is 10.0 Å². The Kier molecular flexibility index (Phi) is 4.74. The number of nitrogens with zero attached hydrogens (tertiary/aromatic N) is 2. The topological polar surface area (TPSA) is 72.0 Å². The van der Waals surface area contributed by atoms with Gasteiger partial charge in [0.1, 0.15) is 5.01 Å². The van der Waals surface area contributed by atoms with Gasteiger partial charge in [-0.1, -0.05) is 69.7 Å². The average molecular weight is 410 g/mol. The quantitative estimate of drug-likeness (QED) is 0.692. The second-order valence-electron chi connectivity index (χ2n) is 4.77. The zero-order chi connectivity index (χ0) is 16.3. The monoisotopic (exact) mass is 409 g/mol. The molecule has 0 saturated heterocycles. The second kappa shape index (κ2) is 6.77. The molecular weight excluding hydrogens is 398 g/mol. The van der Waals surface area contributed by atoms with Crippen LogP contribution in [0.25, 0.3) is 10.6 Å².